The third kappa shape index (κ3) is 4.89. The van der Waals surface area contributed by atoms with Crippen molar-refractivity contribution >= 4 is 21.8 Å². The van der Waals surface area contributed by atoms with Gasteiger partial charge in [0.25, 0.3) is 5.91 Å². The van der Waals surface area contributed by atoms with Crippen molar-refractivity contribution < 1.29 is 19.0 Å². The maximum absolute atomic E-state index is 12.0. The van der Waals surface area contributed by atoms with Crippen molar-refractivity contribution in [1.82, 2.24) is 5.32 Å². The van der Waals surface area contributed by atoms with Crippen LogP contribution in [-0.4, -0.2) is 26.7 Å². The second-order valence-corrected chi connectivity index (χ2v) is 6.00. The topological polar surface area (TPSA) is 56.8 Å². The predicted octanol–water partition coefficient (Wildman–Crippen LogP) is 3.72. The van der Waals surface area contributed by atoms with E-state index in [9.17, 15) is 4.79 Å². The van der Waals surface area contributed by atoms with Gasteiger partial charge in [-0.15, -0.1) is 0 Å². The van der Waals surface area contributed by atoms with E-state index in [0.717, 1.165) is 21.5 Å². The van der Waals surface area contributed by atoms with Gasteiger partial charge in [-0.3, -0.25) is 4.79 Å². The average molecular weight is 394 g/mol. The van der Waals surface area contributed by atoms with Crippen LogP contribution in [0.2, 0.25) is 0 Å². The molecule has 0 aromatic heterocycles. The number of amides is 1. The Labute approximate surface area is 150 Å². The molecule has 24 heavy (non-hydrogen) atoms. The van der Waals surface area contributed by atoms with E-state index in [4.69, 9.17) is 14.2 Å². The summed E-state index contributed by atoms with van der Waals surface area (Å²) in [6.07, 6.45) is 0. The summed E-state index contributed by atoms with van der Waals surface area (Å²) in [5.74, 6) is 1.92. The number of halogens is 1. The number of ether oxygens (including phenoxy) is 3. The lowest BCUT2D eigenvalue weighted by molar-refractivity contribution is -0.123. The zero-order valence-corrected chi connectivity index (χ0v) is 15.4. The van der Waals surface area contributed by atoms with Gasteiger partial charge >= 0.3 is 0 Å². The third-order valence-electron chi connectivity index (χ3n) is 3.48. The summed E-state index contributed by atoms with van der Waals surface area (Å²) in [5, 5.41) is 2.90. The Morgan fingerprint density at radius 3 is 2.33 bits per heavy atom. The van der Waals surface area contributed by atoms with Crippen LogP contribution in [-0.2, 0) is 4.79 Å². The van der Waals surface area contributed by atoms with Gasteiger partial charge in [0.2, 0.25) is 0 Å². The quantitative estimate of drug-likeness (QED) is 0.778. The van der Waals surface area contributed by atoms with E-state index >= 15 is 0 Å². The number of hydrogen-bond acceptors (Lipinski definition) is 4. The Balaban J connectivity index is 1.87. The summed E-state index contributed by atoms with van der Waals surface area (Å²) < 4.78 is 16.6. The van der Waals surface area contributed by atoms with Gasteiger partial charge in [-0.1, -0.05) is 6.07 Å². The minimum atomic E-state index is -0.190. The maximum atomic E-state index is 12.0. The van der Waals surface area contributed by atoms with Crippen LogP contribution in [0.25, 0.3) is 0 Å². The first-order valence-electron chi connectivity index (χ1n) is 7.43. The molecule has 2 rings (SSSR count). The van der Waals surface area contributed by atoms with Gasteiger partial charge in [0, 0.05) is 0 Å². The maximum Gasteiger partial charge on any atom is 0.258 e. The molecule has 1 atom stereocenters. The van der Waals surface area contributed by atoms with E-state index in [1.165, 1.54) is 0 Å². The highest BCUT2D eigenvalue weighted by atomic mass is 79.9. The standard InChI is InChI=1S/C18H20BrNO4/c1-12(13-4-9-17(23-3)16(19)10-13)20-18(21)11-24-15-7-5-14(22-2)6-8-15/h4-10,12H,11H2,1-3H3,(H,20,21). The van der Waals surface area contributed by atoms with Crippen LogP contribution in [0.1, 0.15) is 18.5 Å². The Morgan fingerprint density at radius 1 is 1.08 bits per heavy atom. The Morgan fingerprint density at radius 2 is 1.75 bits per heavy atom. The lowest BCUT2D eigenvalue weighted by Gasteiger charge is -2.16. The third-order valence-corrected chi connectivity index (χ3v) is 4.10. The molecule has 0 aliphatic heterocycles. The number of nitrogens with one attached hydrogen (secondary N) is 1. The zero-order chi connectivity index (χ0) is 17.5. The molecule has 0 saturated carbocycles. The fraction of sp³-hybridized carbons (Fsp3) is 0.278. The molecule has 1 unspecified atom stereocenters. The molecule has 2 aromatic rings. The van der Waals surface area contributed by atoms with Gasteiger partial charge in [0.05, 0.1) is 24.7 Å². The van der Waals surface area contributed by atoms with Crippen LogP contribution < -0.4 is 19.5 Å². The molecule has 1 N–H and O–H groups in total. The molecule has 0 spiro atoms. The Bertz CT molecular complexity index is 688. The van der Waals surface area contributed by atoms with Gasteiger partial charge in [-0.25, -0.2) is 0 Å². The Hall–Kier alpha value is -2.21. The normalized spacial score (nSPS) is 11.5. The van der Waals surface area contributed by atoms with Crippen molar-refractivity contribution in [1.29, 1.82) is 0 Å². The minimum absolute atomic E-state index is 0.0476. The van der Waals surface area contributed by atoms with Crippen LogP contribution in [0.5, 0.6) is 17.2 Å². The first kappa shape index (κ1) is 18.1. The highest BCUT2D eigenvalue weighted by Gasteiger charge is 2.12. The average Bonchev–Trinajstić information content (AvgIpc) is 2.60. The molecule has 6 heteroatoms. The Kier molecular flexibility index (Phi) is 6.49. The summed E-state index contributed by atoms with van der Waals surface area (Å²) in [6.45, 7) is 1.87. The largest absolute Gasteiger partial charge is 0.497 e. The summed E-state index contributed by atoms with van der Waals surface area (Å²) in [6, 6.07) is 12.6. The molecule has 0 aliphatic carbocycles. The number of carbonyl (C=O) groups is 1. The molecule has 1 amide bonds. The molecule has 0 saturated heterocycles. The molecule has 128 valence electrons. The van der Waals surface area contributed by atoms with Gasteiger partial charge in [0.15, 0.2) is 6.61 Å². The smallest absolute Gasteiger partial charge is 0.258 e. The summed E-state index contributed by atoms with van der Waals surface area (Å²) in [5.41, 5.74) is 0.973. The fourth-order valence-corrected chi connectivity index (χ4v) is 2.70. The molecule has 0 radical (unpaired) electrons. The summed E-state index contributed by atoms with van der Waals surface area (Å²) in [4.78, 5) is 12.0. The highest BCUT2D eigenvalue weighted by molar-refractivity contribution is 9.10. The van der Waals surface area contributed by atoms with Crippen LogP contribution in [0.15, 0.2) is 46.9 Å². The first-order chi connectivity index (χ1) is 11.5. The van der Waals surface area contributed by atoms with Crippen molar-refractivity contribution in [2.45, 2.75) is 13.0 Å². The monoisotopic (exact) mass is 393 g/mol. The lowest BCUT2D eigenvalue weighted by atomic mass is 10.1. The van der Waals surface area contributed by atoms with Crippen molar-refractivity contribution in [3.05, 3.63) is 52.5 Å². The van der Waals surface area contributed by atoms with Gasteiger partial charge in [-0.05, 0) is 64.8 Å². The van der Waals surface area contributed by atoms with Crippen molar-refractivity contribution in [3.63, 3.8) is 0 Å². The van der Waals surface area contributed by atoms with Crippen LogP contribution in [0.4, 0.5) is 0 Å². The number of benzene rings is 2. The molecule has 5 nitrogen and oxygen atoms in total. The van der Waals surface area contributed by atoms with E-state index in [2.05, 4.69) is 21.2 Å². The van der Waals surface area contributed by atoms with Gasteiger partial charge in [-0.2, -0.15) is 0 Å². The molecule has 0 bridgehead atoms. The molecule has 0 fully saturated rings. The molecule has 0 aliphatic rings. The zero-order valence-electron chi connectivity index (χ0n) is 13.8. The predicted molar refractivity (Wildman–Crippen MR) is 95.7 cm³/mol. The summed E-state index contributed by atoms with van der Waals surface area (Å²) >= 11 is 3.44. The minimum Gasteiger partial charge on any atom is -0.497 e. The van der Waals surface area contributed by atoms with Crippen molar-refractivity contribution in [3.8, 4) is 17.2 Å². The lowest BCUT2D eigenvalue weighted by Crippen LogP contribution is -2.31. The number of rotatable bonds is 7. The van der Waals surface area contributed by atoms with E-state index in [-0.39, 0.29) is 18.6 Å². The molecular weight excluding hydrogens is 374 g/mol. The highest BCUT2D eigenvalue weighted by Crippen LogP contribution is 2.28. The van der Waals surface area contributed by atoms with E-state index in [1.54, 1.807) is 38.5 Å². The van der Waals surface area contributed by atoms with Crippen molar-refractivity contribution in [2.75, 3.05) is 20.8 Å². The summed E-state index contributed by atoms with van der Waals surface area (Å²) in [7, 11) is 3.21. The van der Waals surface area contributed by atoms with Gasteiger partial charge in [0.1, 0.15) is 17.2 Å². The number of methoxy groups -OCH3 is 2. The van der Waals surface area contributed by atoms with Crippen LogP contribution in [0, 0.1) is 0 Å². The van der Waals surface area contributed by atoms with E-state index < -0.39 is 0 Å². The van der Waals surface area contributed by atoms with E-state index in [1.807, 2.05) is 25.1 Å². The van der Waals surface area contributed by atoms with Crippen LogP contribution in [0.3, 0.4) is 0 Å². The van der Waals surface area contributed by atoms with Crippen LogP contribution >= 0.6 is 15.9 Å². The van der Waals surface area contributed by atoms with E-state index in [0.29, 0.717) is 5.75 Å². The molecular formula is C18H20BrNO4. The number of carbonyl (C=O) groups excluding carboxylic acids is 1. The second-order valence-electron chi connectivity index (χ2n) is 5.15. The SMILES string of the molecule is COc1ccc(OCC(=O)NC(C)c2ccc(OC)c(Br)c2)cc1. The van der Waals surface area contributed by atoms with Gasteiger partial charge < -0.3 is 19.5 Å². The molecule has 0 heterocycles. The molecule has 2 aromatic carbocycles. The van der Waals surface area contributed by atoms with Crippen molar-refractivity contribution in [2.24, 2.45) is 0 Å². The fourth-order valence-electron chi connectivity index (χ4n) is 2.14. The first-order valence-corrected chi connectivity index (χ1v) is 8.22. The number of hydrogen-bond donors (Lipinski definition) is 1. The second kappa shape index (κ2) is 8.59.